The first kappa shape index (κ1) is 11.9. The first-order chi connectivity index (χ1) is 7.81. The maximum atomic E-state index is 11.5. The predicted molar refractivity (Wildman–Crippen MR) is 60.2 cm³/mol. The van der Waals surface area contributed by atoms with Crippen molar-refractivity contribution in [3.63, 3.8) is 0 Å². The minimum absolute atomic E-state index is 0.0501. The highest BCUT2D eigenvalue weighted by Crippen LogP contribution is 2.37. The van der Waals surface area contributed by atoms with Gasteiger partial charge in [0.1, 0.15) is 0 Å². The molecule has 0 bridgehead atoms. The summed E-state index contributed by atoms with van der Waals surface area (Å²) in [6.45, 7) is 5.86. The van der Waals surface area contributed by atoms with E-state index in [9.17, 15) is 4.79 Å². The van der Waals surface area contributed by atoms with Gasteiger partial charge in [-0.3, -0.25) is 9.69 Å². The van der Waals surface area contributed by atoms with E-state index in [2.05, 4.69) is 4.90 Å². The molecule has 0 aromatic carbocycles. The second kappa shape index (κ2) is 5.64. The van der Waals surface area contributed by atoms with Crippen LogP contribution >= 0.6 is 0 Å². The summed E-state index contributed by atoms with van der Waals surface area (Å²) in [6, 6.07) is 0.392. The third kappa shape index (κ3) is 3.19. The zero-order chi connectivity index (χ0) is 11.4. The minimum atomic E-state index is -0.0501. The van der Waals surface area contributed by atoms with Crippen molar-refractivity contribution in [2.45, 2.75) is 32.2 Å². The van der Waals surface area contributed by atoms with Gasteiger partial charge in [-0.05, 0) is 25.7 Å². The van der Waals surface area contributed by atoms with Crippen molar-refractivity contribution in [3.8, 4) is 0 Å². The van der Waals surface area contributed by atoms with E-state index in [0.717, 1.165) is 26.3 Å². The zero-order valence-electron chi connectivity index (χ0n) is 9.98. The lowest BCUT2D eigenvalue weighted by Crippen LogP contribution is -2.45. The van der Waals surface area contributed by atoms with Crippen LogP contribution in [0, 0.1) is 5.92 Å². The molecular weight excluding hydrogens is 206 g/mol. The molecule has 1 unspecified atom stereocenters. The molecule has 0 radical (unpaired) electrons. The number of ether oxygens (including phenoxy) is 2. The Bertz CT molecular complexity index is 234. The molecule has 0 aromatic rings. The first-order valence-electron chi connectivity index (χ1n) is 6.28. The maximum Gasteiger partial charge on any atom is 0.307 e. The fourth-order valence-electron chi connectivity index (χ4n) is 2.37. The van der Waals surface area contributed by atoms with Crippen LogP contribution in [-0.4, -0.2) is 49.8 Å². The van der Waals surface area contributed by atoms with Crippen LogP contribution in [0.15, 0.2) is 0 Å². The molecule has 1 aliphatic heterocycles. The maximum absolute atomic E-state index is 11.5. The van der Waals surface area contributed by atoms with Crippen molar-refractivity contribution < 1.29 is 14.3 Å². The molecule has 16 heavy (non-hydrogen) atoms. The summed E-state index contributed by atoms with van der Waals surface area (Å²) < 4.78 is 10.4. The van der Waals surface area contributed by atoms with E-state index in [0.29, 0.717) is 25.0 Å². The average Bonchev–Trinajstić information content (AvgIpc) is 3.11. The molecule has 1 heterocycles. The molecular formula is C12H21NO3. The number of hydrogen-bond acceptors (Lipinski definition) is 4. The Hall–Kier alpha value is -0.610. The standard InChI is InChI=1S/C12H21NO3/c1-2-16-12(14)9-11(10-3-4-10)13-5-7-15-8-6-13/h10-11H,2-9H2,1H3. The van der Waals surface area contributed by atoms with Crippen molar-refractivity contribution in [3.05, 3.63) is 0 Å². The Balaban J connectivity index is 1.86. The van der Waals surface area contributed by atoms with Crippen LogP contribution in [0.1, 0.15) is 26.2 Å². The summed E-state index contributed by atoms with van der Waals surface area (Å²) in [6.07, 6.45) is 3.08. The fourth-order valence-corrected chi connectivity index (χ4v) is 2.37. The molecule has 0 N–H and O–H groups in total. The lowest BCUT2D eigenvalue weighted by Gasteiger charge is -2.34. The molecule has 0 aromatic heterocycles. The Labute approximate surface area is 96.9 Å². The molecule has 1 saturated carbocycles. The number of rotatable bonds is 5. The molecule has 2 aliphatic rings. The van der Waals surface area contributed by atoms with Crippen molar-refractivity contribution in [2.75, 3.05) is 32.9 Å². The molecule has 0 spiro atoms. The van der Waals surface area contributed by atoms with Crippen LogP contribution in [0.3, 0.4) is 0 Å². The van der Waals surface area contributed by atoms with Crippen molar-refractivity contribution in [2.24, 2.45) is 5.92 Å². The largest absolute Gasteiger partial charge is 0.466 e. The lowest BCUT2D eigenvalue weighted by molar-refractivity contribution is -0.145. The summed E-state index contributed by atoms with van der Waals surface area (Å²) in [5.74, 6) is 0.661. The number of hydrogen-bond donors (Lipinski definition) is 0. The summed E-state index contributed by atoms with van der Waals surface area (Å²) in [5, 5.41) is 0. The second-order valence-corrected chi connectivity index (χ2v) is 4.56. The summed E-state index contributed by atoms with van der Waals surface area (Å²) in [7, 11) is 0. The van der Waals surface area contributed by atoms with Gasteiger partial charge >= 0.3 is 5.97 Å². The smallest absolute Gasteiger partial charge is 0.307 e. The normalized spacial score (nSPS) is 24.1. The first-order valence-corrected chi connectivity index (χ1v) is 6.28. The van der Waals surface area contributed by atoms with Gasteiger partial charge < -0.3 is 9.47 Å². The fraction of sp³-hybridized carbons (Fsp3) is 0.917. The van der Waals surface area contributed by atoms with Crippen LogP contribution in [0.4, 0.5) is 0 Å². The molecule has 92 valence electrons. The van der Waals surface area contributed by atoms with Crippen LogP contribution in [-0.2, 0) is 14.3 Å². The number of carbonyl (C=O) groups is 1. The van der Waals surface area contributed by atoms with Crippen LogP contribution in [0.2, 0.25) is 0 Å². The van der Waals surface area contributed by atoms with Crippen molar-refractivity contribution in [1.82, 2.24) is 4.90 Å². The monoisotopic (exact) mass is 227 g/mol. The van der Waals surface area contributed by atoms with Crippen LogP contribution in [0.25, 0.3) is 0 Å². The minimum Gasteiger partial charge on any atom is -0.466 e. The molecule has 1 saturated heterocycles. The van der Waals surface area contributed by atoms with Crippen LogP contribution < -0.4 is 0 Å². The quantitative estimate of drug-likeness (QED) is 0.658. The average molecular weight is 227 g/mol. The number of nitrogens with zero attached hydrogens (tertiary/aromatic N) is 1. The van der Waals surface area contributed by atoms with E-state index in [-0.39, 0.29) is 5.97 Å². The highest BCUT2D eigenvalue weighted by atomic mass is 16.5. The van der Waals surface area contributed by atoms with Crippen molar-refractivity contribution in [1.29, 1.82) is 0 Å². The molecule has 4 heteroatoms. The van der Waals surface area contributed by atoms with Gasteiger partial charge in [-0.1, -0.05) is 0 Å². The van der Waals surface area contributed by atoms with E-state index in [4.69, 9.17) is 9.47 Å². The number of esters is 1. The third-order valence-corrected chi connectivity index (χ3v) is 3.36. The number of morpholine rings is 1. The predicted octanol–water partition coefficient (Wildman–Crippen LogP) is 1.05. The third-order valence-electron chi connectivity index (χ3n) is 3.36. The summed E-state index contributed by atoms with van der Waals surface area (Å²) in [4.78, 5) is 13.9. The van der Waals surface area contributed by atoms with Crippen molar-refractivity contribution >= 4 is 5.97 Å². The van der Waals surface area contributed by atoms with E-state index in [1.165, 1.54) is 12.8 Å². The van der Waals surface area contributed by atoms with Crippen LogP contribution in [0.5, 0.6) is 0 Å². The topological polar surface area (TPSA) is 38.8 Å². The SMILES string of the molecule is CCOC(=O)CC(C1CC1)N1CCOCC1. The van der Waals surface area contributed by atoms with Gasteiger partial charge in [-0.2, -0.15) is 0 Å². The van der Waals surface area contributed by atoms with Gasteiger partial charge in [0.15, 0.2) is 0 Å². The Morgan fingerprint density at radius 2 is 2.12 bits per heavy atom. The molecule has 2 fully saturated rings. The van der Waals surface area contributed by atoms with E-state index >= 15 is 0 Å². The van der Waals surface area contributed by atoms with E-state index in [1.807, 2.05) is 6.92 Å². The second-order valence-electron chi connectivity index (χ2n) is 4.56. The summed E-state index contributed by atoms with van der Waals surface area (Å²) in [5.41, 5.74) is 0. The van der Waals surface area contributed by atoms with Gasteiger partial charge in [-0.25, -0.2) is 0 Å². The van der Waals surface area contributed by atoms with Gasteiger partial charge in [-0.15, -0.1) is 0 Å². The Morgan fingerprint density at radius 1 is 1.44 bits per heavy atom. The van der Waals surface area contributed by atoms with Gasteiger partial charge in [0, 0.05) is 19.1 Å². The van der Waals surface area contributed by atoms with Gasteiger partial charge in [0.05, 0.1) is 26.2 Å². The Morgan fingerprint density at radius 3 is 2.69 bits per heavy atom. The van der Waals surface area contributed by atoms with E-state index in [1.54, 1.807) is 0 Å². The zero-order valence-corrected chi connectivity index (χ0v) is 9.98. The highest BCUT2D eigenvalue weighted by Gasteiger charge is 2.37. The highest BCUT2D eigenvalue weighted by molar-refractivity contribution is 5.70. The number of carbonyl (C=O) groups excluding carboxylic acids is 1. The molecule has 1 atom stereocenters. The molecule has 2 rings (SSSR count). The molecule has 1 aliphatic carbocycles. The lowest BCUT2D eigenvalue weighted by atomic mass is 10.1. The van der Waals surface area contributed by atoms with E-state index < -0.39 is 0 Å². The van der Waals surface area contributed by atoms with Gasteiger partial charge in [0.25, 0.3) is 0 Å². The molecule has 0 amide bonds. The molecule has 4 nitrogen and oxygen atoms in total. The Kier molecular flexibility index (Phi) is 4.18. The summed E-state index contributed by atoms with van der Waals surface area (Å²) >= 11 is 0. The van der Waals surface area contributed by atoms with Gasteiger partial charge in [0.2, 0.25) is 0 Å².